The maximum Gasteiger partial charge on any atom is 0.0923 e. The Kier molecular flexibility index (Phi) is 5.17. The fourth-order valence-electron chi connectivity index (χ4n) is 4.06. The molecule has 2 aromatic rings. The fourth-order valence-corrected chi connectivity index (χ4v) is 4.06. The maximum atomic E-state index is 4.54. The highest BCUT2D eigenvalue weighted by molar-refractivity contribution is 5.82. The van der Waals surface area contributed by atoms with E-state index >= 15 is 0 Å². The molecule has 0 aliphatic heterocycles. The Morgan fingerprint density at radius 2 is 1.36 bits per heavy atom. The molecular formula is C20H30N2. The van der Waals surface area contributed by atoms with Gasteiger partial charge < -0.3 is 0 Å². The minimum absolute atomic E-state index is 0.259. The van der Waals surface area contributed by atoms with E-state index in [0.29, 0.717) is 0 Å². The number of aromatic nitrogens is 2. The van der Waals surface area contributed by atoms with Gasteiger partial charge in [-0.3, -0.25) is 5.10 Å². The van der Waals surface area contributed by atoms with Crippen LogP contribution in [0.5, 0.6) is 0 Å². The van der Waals surface area contributed by atoms with Crippen LogP contribution in [-0.2, 0) is 5.41 Å². The van der Waals surface area contributed by atoms with Crippen LogP contribution in [0.25, 0.3) is 10.9 Å². The first-order chi connectivity index (χ1) is 10.8. The van der Waals surface area contributed by atoms with E-state index in [0.717, 1.165) is 5.52 Å². The molecule has 22 heavy (non-hydrogen) atoms. The van der Waals surface area contributed by atoms with Crippen LogP contribution in [0.1, 0.15) is 83.2 Å². The largest absolute Gasteiger partial charge is 0.281 e. The van der Waals surface area contributed by atoms with Crippen LogP contribution < -0.4 is 0 Å². The third-order valence-electron chi connectivity index (χ3n) is 5.52. The van der Waals surface area contributed by atoms with E-state index in [1.807, 2.05) is 0 Å². The van der Waals surface area contributed by atoms with E-state index in [4.69, 9.17) is 0 Å². The molecule has 0 bridgehead atoms. The van der Waals surface area contributed by atoms with Crippen LogP contribution >= 0.6 is 0 Å². The Morgan fingerprint density at radius 1 is 0.818 bits per heavy atom. The number of nitrogens with one attached hydrogen (secondary N) is 1. The Bertz CT molecular complexity index is 572. The second-order valence-electron chi connectivity index (χ2n) is 7.36. The number of hydrogen-bond acceptors (Lipinski definition) is 1. The van der Waals surface area contributed by atoms with Crippen LogP contribution in [-0.4, -0.2) is 10.2 Å². The maximum absolute atomic E-state index is 4.54. The standard InChI is InChI=1S/C20H30N2/c1-20(19-17-13-9-10-14-18(17)21-22-19)15-11-7-5-3-2-4-6-8-12-16-20/h9-10,13-14H,2-8,11-12,15-16H2,1H3,(H,21,22). The summed E-state index contributed by atoms with van der Waals surface area (Å²) in [5, 5.41) is 9.26. The molecule has 2 nitrogen and oxygen atoms in total. The molecule has 1 fully saturated rings. The average molecular weight is 298 g/mol. The molecule has 3 rings (SSSR count). The van der Waals surface area contributed by atoms with Crippen LogP contribution in [0.2, 0.25) is 0 Å². The van der Waals surface area contributed by atoms with E-state index < -0.39 is 0 Å². The Morgan fingerprint density at radius 3 is 2.00 bits per heavy atom. The van der Waals surface area contributed by atoms with E-state index in [-0.39, 0.29) is 5.41 Å². The zero-order valence-electron chi connectivity index (χ0n) is 14.0. The lowest BCUT2D eigenvalue weighted by molar-refractivity contribution is 0.350. The molecule has 1 N–H and O–H groups in total. The van der Waals surface area contributed by atoms with Crippen molar-refractivity contribution >= 4 is 10.9 Å². The molecule has 1 aromatic carbocycles. The van der Waals surface area contributed by atoms with E-state index in [9.17, 15) is 0 Å². The summed E-state index contributed by atoms with van der Waals surface area (Å²) in [4.78, 5) is 0. The van der Waals surface area contributed by atoms with Crippen molar-refractivity contribution in [2.75, 3.05) is 0 Å². The van der Waals surface area contributed by atoms with Gasteiger partial charge in [-0.1, -0.05) is 82.9 Å². The van der Waals surface area contributed by atoms with Crippen molar-refractivity contribution in [3.8, 4) is 0 Å². The Balaban J connectivity index is 1.82. The van der Waals surface area contributed by atoms with Crippen molar-refractivity contribution in [3.63, 3.8) is 0 Å². The quantitative estimate of drug-likeness (QED) is 0.674. The molecule has 1 aliphatic carbocycles. The van der Waals surface area contributed by atoms with Gasteiger partial charge in [-0.2, -0.15) is 5.10 Å². The van der Waals surface area contributed by atoms with Gasteiger partial charge >= 0.3 is 0 Å². The average Bonchev–Trinajstić information content (AvgIpc) is 2.96. The van der Waals surface area contributed by atoms with Gasteiger partial charge in [0.05, 0.1) is 5.52 Å². The number of aromatic amines is 1. The van der Waals surface area contributed by atoms with Crippen molar-refractivity contribution in [2.24, 2.45) is 0 Å². The normalized spacial score (nSPS) is 21.1. The number of benzene rings is 1. The fraction of sp³-hybridized carbons (Fsp3) is 0.650. The molecule has 0 spiro atoms. The first-order valence-corrected chi connectivity index (χ1v) is 9.23. The van der Waals surface area contributed by atoms with Crippen LogP contribution in [0, 0.1) is 0 Å². The Labute approximate surface area is 134 Å². The molecule has 0 radical (unpaired) electrons. The molecule has 0 saturated heterocycles. The first kappa shape index (κ1) is 15.6. The summed E-state index contributed by atoms with van der Waals surface area (Å²) in [6, 6.07) is 8.57. The van der Waals surface area contributed by atoms with Crippen molar-refractivity contribution in [1.82, 2.24) is 10.2 Å². The lowest BCUT2D eigenvalue weighted by Gasteiger charge is -2.29. The minimum Gasteiger partial charge on any atom is -0.281 e. The summed E-state index contributed by atoms with van der Waals surface area (Å²) in [6.45, 7) is 2.46. The first-order valence-electron chi connectivity index (χ1n) is 9.23. The van der Waals surface area contributed by atoms with Gasteiger partial charge in [-0.25, -0.2) is 0 Å². The van der Waals surface area contributed by atoms with Gasteiger partial charge in [0.25, 0.3) is 0 Å². The molecule has 0 atom stereocenters. The molecule has 0 unspecified atom stereocenters. The summed E-state index contributed by atoms with van der Waals surface area (Å²) in [5.74, 6) is 0. The SMILES string of the molecule is CC1(c2[nH]nc3ccccc23)CCCCCCCCCCC1. The lowest BCUT2D eigenvalue weighted by atomic mass is 9.75. The topological polar surface area (TPSA) is 28.7 Å². The molecular weight excluding hydrogens is 268 g/mol. The molecule has 2 heteroatoms. The van der Waals surface area contributed by atoms with Crippen LogP contribution in [0.15, 0.2) is 24.3 Å². The predicted octanol–water partition coefficient (Wildman–Crippen LogP) is 6.13. The molecule has 1 saturated carbocycles. The highest BCUT2D eigenvalue weighted by atomic mass is 15.1. The second-order valence-corrected chi connectivity index (χ2v) is 7.36. The molecule has 120 valence electrons. The van der Waals surface area contributed by atoms with Crippen molar-refractivity contribution in [3.05, 3.63) is 30.0 Å². The van der Waals surface area contributed by atoms with Gasteiger partial charge in [0, 0.05) is 16.5 Å². The summed E-state index contributed by atoms with van der Waals surface area (Å²) in [6.07, 6.45) is 15.2. The summed E-state index contributed by atoms with van der Waals surface area (Å²) in [7, 11) is 0. The van der Waals surface area contributed by atoms with Crippen molar-refractivity contribution in [1.29, 1.82) is 0 Å². The number of fused-ring (bicyclic) bond motifs is 1. The number of H-pyrrole nitrogens is 1. The van der Waals surface area contributed by atoms with Crippen molar-refractivity contribution in [2.45, 2.75) is 83.0 Å². The number of rotatable bonds is 1. The molecule has 1 aromatic heterocycles. The minimum atomic E-state index is 0.259. The van der Waals surface area contributed by atoms with Crippen LogP contribution in [0.3, 0.4) is 0 Å². The van der Waals surface area contributed by atoms with E-state index in [1.165, 1.54) is 81.7 Å². The molecule has 1 heterocycles. The van der Waals surface area contributed by atoms with Gasteiger partial charge in [0.15, 0.2) is 0 Å². The predicted molar refractivity (Wildman–Crippen MR) is 94.2 cm³/mol. The molecule has 1 aliphatic rings. The molecule has 0 amide bonds. The summed E-state index contributed by atoms with van der Waals surface area (Å²) < 4.78 is 0. The van der Waals surface area contributed by atoms with Gasteiger partial charge in [-0.05, 0) is 18.9 Å². The summed E-state index contributed by atoms with van der Waals surface area (Å²) >= 11 is 0. The zero-order valence-corrected chi connectivity index (χ0v) is 14.0. The van der Waals surface area contributed by atoms with Gasteiger partial charge in [0.1, 0.15) is 0 Å². The smallest absolute Gasteiger partial charge is 0.0923 e. The van der Waals surface area contributed by atoms with E-state index in [1.54, 1.807) is 0 Å². The monoisotopic (exact) mass is 298 g/mol. The van der Waals surface area contributed by atoms with Crippen LogP contribution in [0.4, 0.5) is 0 Å². The third kappa shape index (κ3) is 3.53. The zero-order chi connectivity index (χ0) is 15.3. The number of para-hydroxylation sites is 1. The van der Waals surface area contributed by atoms with Gasteiger partial charge in [0.2, 0.25) is 0 Å². The van der Waals surface area contributed by atoms with Crippen molar-refractivity contribution < 1.29 is 0 Å². The Hall–Kier alpha value is -1.31. The van der Waals surface area contributed by atoms with E-state index in [2.05, 4.69) is 41.4 Å². The second kappa shape index (κ2) is 7.30. The van der Waals surface area contributed by atoms with Gasteiger partial charge in [-0.15, -0.1) is 0 Å². The number of hydrogen-bond donors (Lipinski definition) is 1. The lowest BCUT2D eigenvalue weighted by Crippen LogP contribution is -2.23. The summed E-state index contributed by atoms with van der Waals surface area (Å²) in [5.41, 5.74) is 2.75. The third-order valence-corrected chi connectivity index (χ3v) is 5.52. The number of nitrogens with zero attached hydrogens (tertiary/aromatic N) is 1. The highest BCUT2D eigenvalue weighted by Crippen LogP contribution is 2.38. The highest BCUT2D eigenvalue weighted by Gasteiger charge is 2.29.